The van der Waals surface area contributed by atoms with Crippen LogP contribution in [0.15, 0.2) is 30.3 Å². The quantitative estimate of drug-likeness (QED) is 0.912. The molecule has 1 aliphatic carbocycles. The van der Waals surface area contributed by atoms with Crippen LogP contribution >= 0.6 is 0 Å². The smallest absolute Gasteiger partial charge is 0.130 e. The van der Waals surface area contributed by atoms with E-state index in [2.05, 4.69) is 26.0 Å². The number of benzene rings is 1. The number of aromatic nitrogens is 2. The maximum atomic E-state index is 6.45. The van der Waals surface area contributed by atoms with Crippen molar-refractivity contribution in [1.29, 1.82) is 0 Å². The summed E-state index contributed by atoms with van der Waals surface area (Å²) in [5.41, 5.74) is 10.2. The molecular formula is C18H25N3. The molecule has 3 rings (SSSR count). The van der Waals surface area contributed by atoms with E-state index in [4.69, 9.17) is 10.8 Å². The van der Waals surface area contributed by atoms with Crippen LogP contribution in [0.1, 0.15) is 57.2 Å². The van der Waals surface area contributed by atoms with Crippen LogP contribution in [0.25, 0.3) is 5.69 Å². The van der Waals surface area contributed by atoms with Gasteiger partial charge in [-0.1, -0.05) is 51.3 Å². The van der Waals surface area contributed by atoms with Crippen molar-refractivity contribution in [3.63, 3.8) is 0 Å². The number of rotatable bonds is 4. The Morgan fingerprint density at radius 3 is 2.48 bits per heavy atom. The molecule has 3 nitrogen and oxygen atoms in total. The van der Waals surface area contributed by atoms with Crippen LogP contribution in [-0.4, -0.2) is 9.78 Å². The standard InChI is InChI=1S/C18H25N3/c1-3-9-15-16(18(2)12-7-8-13-18)20-21(17(15)19)14-10-5-4-6-11-14/h4-6,10-11H,3,7-9,12-13,19H2,1-2H3. The molecule has 0 unspecified atom stereocenters. The van der Waals surface area contributed by atoms with Crippen LogP contribution < -0.4 is 5.73 Å². The first-order valence-corrected chi connectivity index (χ1v) is 8.09. The Hall–Kier alpha value is -1.77. The van der Waals surface area contributed by atoms with E-state index in [0.29, 0.717) is 0 Å². The summed E-state index contributed by atoms with van der Waals surface area (Å²) in [5, 5.41) is 4.94. The van der Waals surface area contributed by atoms with Crippen molar-refractivity contribution < 1.29 is 0 Å². The van der Waals surface area contributed by atoms with Gasteiger partial charge in [0.05, 0.1) is 11.4 Å². The van der Waals surface area contributed by atoms with Gasteiger partial charge in [0.25, 0.3) is 0 Å². The molecule has 1 heterocycles. The number of hydrogen-bond donors (Lipinski definition) is 1. The Labute approximate surface area is 127 Å². The highest BCUT2D eigenvalue weighted by molar-refractivity contribution is 5.52. The van der Waals surface area contributed by atoms with Crippen molar-refractivity contribution in [3.05, 3.63) is 41.6 Å². The summed E-state index contributed by atoms with van der Waals surface area (Å²) >= 11 is 0. The number of anilines is 1. The van der Waals surface area contributed by atoms with E-state index in [0.717, 1.165) is 24.3 Å². The Kier molecular flexibility index (Phi) is 3.75. The van der Waals surface area contributed by atoms with Gasteiger partial charge < -0.3 is 5.73 Å². The fraction of sp³-hybridized carbons (Fsp3) is 0.500. The minimum Gasteiger partial charge on any atom is -0.383 e. The maximum Gasteiger partial charge on any atom is 0.130 e. The van der Waals surface area contributed by atoms with Gasteiger partial charge in [-0.25, -0.2) is 4.68 Å². The highest BCUT2D eigenvalue weighted by Gasteiger charge is 2.36. The van der Waals surface area contributed by atoms with Gasteiger partial charge in [-0.15, -0.1) is 0 Å². The SMILES string of the molecule is CCCc1c(C2(C)CCCC2)nn(-c2ccccc2)c1N. The average molecular weight is 283 g/mol. The molecule has 0 amide bonds. The molecule has 2 N–H and O–H groups in total. The van der Waals surface area contributed by atoms with E-state index in [1.807, 2.05) is 22.9 Å². The molecule has 1 aliphatic rings. The Bertz CT molecular complexity index is 607. The third-order valence-electron chi connectivity index (χ3n) is 4.80. The molecule has 0 aliphatic heterocycles. The van der Waals surface area contributed by atoms with Gasteiger partial charge in [0.2, 0.25) is 0 Å². The van der Waals surface area contributed by atoms with Gasteiger partial charge >= 0.3 is 0 Å². The molecule has 1 saturated carbocycles. The number of nitrogen functional groups attached to an aromatic ring is 1. The summed E-state index contributed by atoms with van der Waals surface area (Å²) in [6.07, 6.45) is 7.20. The molecule has 0 radical (unpaired) electrons. The summed E-state index contributed by atoms with van der Waals surface area (Å²) < 4.78 is 1.93. The molecular weight excluding hydrogens is 258 g/mol. The lowest BCUT2D eigenvalue weighted by molar-refractivity contribution is 0.467. The molecule has 0 atom stereocenters. The van der Waals surface area contributed by atoms with Crippen LogP contribution in [0.3, 0.4) is 0 Å². The highest BCUT2D eigenvalue weighted by Crippen LogP contribution is 2.43. The lowest BCUT2D eigenvalue weighted by atomic mass is 9.82. The summed E-state index contributed by atoms with van der Waals surface area (Å²) in [7, 11) is 0. The van der Waals surface area contributed by atoms with E-state index in [1.54, 1.807) is 0 Å². The Morgan fingerprint density at radius 2 is 1.86 bits per heavy atom. The topological polar surface area (TPSA) is 43.8 Å². The van der Waals surface area contributed by atoms with Crippen molar-refractivity contribution in [2.75, 3.05) is 5.73 Å². The van der Waals surface area contributed by atoms with Crippen molar-refractivity contribution in [1.82, 2.24) is 9.78 Å². The third-order valence-corrected chi connectivity index (χ3v) is 4.80. The van der Waals surface area contributed by atoms with Crippen molar-refractivity contribution in [3.8, 4) is 5.69 Å². The monoisotopic (exact) mass is 283 g/mol. The van der Waals surface area contributed by atoms with Crippen LogP contribution in [0, 0.1) is 0 Å². The van der Waals surface area contributed by atoms with Gasteiger partial charge in [0.1, 0.15) is 5.82 Å². The van der Waals surface area contributed by atoms with E-state index < -0.39 is 0 Å². The molecule has 0 saturated heterocycles. The predicted molar refractivity (Wildman–Crippen MR) is 87.8 cm³/mol. The molecule has 2 aromatic rings. The molecule has 3 heteroatoms. The second-order valence-corrected chi connectivity index (χ2v) is 6.48. The van der Waals surface area contributed by atoms with Gasteiger partial charge in [0, 0.05) is 11.0 Å². The predicted octanol–water partition coefficient (Wildman–Crippen LogP) is 4.24. The average Bonchev–Trinajstić information content (AvgIpc) is 3.07. The number of nitrogens with two attached hydrogens (primary N) is 1. The summed E-state index contributed by atoms with van der Waals surface area (Å²) in [6, 6.07) is 10.2. The van der Waals surface area contributed by atoms with Crippen LogP contribution in [-0.2, 0) is 11.8 Å². The zero-order valence-corrected chi connectivity index (χ0v) is 13.1. The number of hydrogen-bond acceptors (Lipinski definition) is 2. The Morgan fingerprint density at radius 1 is 1.19 bits per heavy atom. The first-order valence-electron chi connectivity index (χ1n) is 8.09. The molecule has 21 heavy (non-hydrogen) atoms. The summed E-state index contributed by atoms with van der Waals surface area (Å²) in [6.45, 7) is 4.57. The molecule has 0 bridgehead atoms. The van der Waals surface area contributed by atoms with Crippen molar-refractivity contribution in [2.24, 2.45) is 0 Å². The van der Waals surface area contributed by atoms with Crippen molar-refractivity contribution >= 4 is 5.82 Å². The molecule has 1 fully saturated rings. The van der Waals surface area contributed by atoms with E-state index >= 15 is 0 Å². The van der Waals surface area contributed by atoms with E-state index in [-0.39, 0.29) is 5.41 Å². The fourth-order valence-corrected chi connectivity index (χ4v) is 3.60. The summed E-state index contributed by atoms with van der Waals surface area (Å²) in [5.74, 6) is 0.825. The fourth-order valence-electron chi connectivity index (χ4n) is 3.60. The number of para-hydroxylation sites is 1. The highest BCUT2D eigenvalue weighted by atomic mass is 15.3. The minimum absolute atomic E-state index is 0.207. The van der Waals surface area contributed by atoms with Crippen LogP contribution in [0.4, 0.5) is 5.82 Å². The molecule has 1 aromatic heterocycles. The maximum absolute atomic E-state index is 6.45. The lowest BCUT2D eigenvalue weighted by Gasteiger charge is -2.22. The zero-order chi connectivity index (χ0) is 14.9. The zero-order valence-electron chi connectivity index (χ0n) is 13.1. The van der Waals surface area contributed by atoms with Gasteiger partial charge in [-0.05, 0) is 31.4 Å². The normalized spacial score (nSPS) is 17.2. The van der Waals surface area contributed by atoms with E-state index in [9.17, 15) is 0 Å². The first kappa shape index (κ1) is 14.2. The third kappa shape index (κ3) is 2.45. The largest absolute Gasteiger partial charge is 0.383 e. The van der Waals surface area contributed by atoms with Crippen molar-refractivity contribution in [2.45, 2.75) is 57.8 Å². The van der Waals surface area contributed by atoms with Gasteiger partial charge in [0.15, 0.2) is 0 Å². The van der Waals surface area contributed by atoms with Crippen LogP contribution in [0.2, 0.25) is 0 Å². The van der Waals surface area contributed by atoms with Crippen LogP contribution in [0.5, 0.6) is 0 Å². The first-order chi connectivity index (χ1) is 10.2. The van der Waals surface area contributed by atoms with Gasteiger partial charge in [-0.3, -0.25) is 0 Å². The Balaban J connectivity index is 2.11. The van der Waals surface area contributed by atoms with Gasteiger partial charge in [-0.2, -0.15) is 5.10 Å². The minimum atomic E-state index is 0.207. The second-order valence-electron chi connectivity index (χ2n) is 6.48. The second kappa shape index (κ2) is 5.55. The molecule has 0 spiro atoms. The molecule has 1 aromatic carbocycles. The number of nitrogens with zero attached hydrogens (tertiary/aromatic N) is 2. The summed E-state index contributed by atoms with van der Waals surface area (Å²) in [4.78, 5) is 0. The lowest BCUT2D eigenvalue weighted by Crippen LogP contribution is -2.19. The molecule has 112 valence electrons. The van der Waals surface area contributed by atoms with E-state index in [1.165, 1.54) is 36.9 Å².